The van der Waals surface area contributed by atoms with Crippen molar-refractivity contribution in [1.29, 1.82) is 0 Å². The molecule has 172 valence electrons. The van der Waals surface area contributed by atoms with E-state index in [1.165, 1.54) is 5.56 Å². The number of aromatic nitrogens is 7. The van der Waals surface area contributed by atoms with Crippen molar-refractivity contribution in [2.75, 3.05) is 0 Å². The lowest BCUT2D eigenvalue weighted by atomic mass is 9.98. The van der Waals surface area contributed by atoms with Crippen molar-refractivity contribution >= 4 is 0 Å². The molecule has 2 aromatic carbocycles. The SMILES string of the molecule is CC(C)CCc1nc(Cc2ccc(-c3ccccc3-c3nnn[nH]3)cc2)n(CCC(C)C)n1. The van der Waals surface area contributed by atoms with Crippen LogP contribution in [0, 0.1) is 11.8 Å². The lowest BCUT2D eigenvalue weighted by Crippen LogP contribution is -2.08. The zero-order valence-electron chi connectivity index (χ0n) is 20.0. The lowest BCUT2D eigenvalue weighted by Gasteiger charge is -2.10. The first-order valence-electron chi connectivity index (χ1n) is 11.8. The average molecular weight is 444 g/mol. The van der Waals surface area contributed by atoms with Crippen molar-refractivity contribution in [2.24, 2.45) is 11.8 Å². The zero-order chi connectivity index (χ0) is 23.2. The number of hydrogen-bond acceptors (Lipinski definition) is 5. The highest BCUT2D eigenvalue weighted by Gasteiger charge is 2.13. The van der Waals surface area contributed by atoms with E-state index in [2.05, 4.69) is 83.3 Å². The summed E-state index contributed by atoms with van der Waals surface area (Å²) in [5.74, 6) is 3.98. The molecule has 0 aliphatic rings. The molecule has 33 heavy (non-hydrogen) atoms. The summed E-state index contributed by atoms with van der Waals surface area (Å²) >= 11 is 0. The van der Waals surface area contributed by atoms with Crippen molar-refractivity contribution in [3.8, 4) is 22.5 Å². The van der Waals surface area contributed by atoms with Gasteiger partial charge in [0.1, 0.15) is 5.82 Å². The van der Waals surface area contributed by atoms with Crippen molar-refractivity contribution in [3.05, 3.63) is 65.7 Å². The first kappa shape index (κ1) is 22.8. The minimum absolute atomic E-state index is 0.639. The van der Waals surface area contributed by atoms with Gasteiger partial charge in [-0.1, -0.05) is 76.2 Å². The van der Waals surface area contributed by atoms with Crippen LogP contribution < -0.4 is 0 Å². The molecule has 2 aromatic heterocycles. The van der Waals surface area contributed by atoms with Gasteiger partial charge in [0.05, 0.1) is 0 Å². The number of nitrogens with one attached hydrogen (secondary N) is 1. The maximum atomic E-state index is 4.91. The Hall–Kier alpha value is -3.35. The normalized spacial score (nSPS) is 11.6. The summed E-state index contributed by atoms with van der Waals surface area (Å²) in [5.41, 5.74) is 4.44. The van der Waals surface area contributed by atoms with Gasteiger partial charge in [-0.2, -0.15) is 5.10 Å². The molecule has 0 atom stereocenters. The molecule has 0 fully saturated rings. The van der Waals surface area contributed by atoms with Gasteiger partial charge in [-0.05, 0) is 51.8 Å². The Bertz CT molecular complexity index is 1140. The highest BCUT2D eigenvalue weighted by atomic mass is 15.5. The number of H-pyrrole nitrogens is 1. The molecule has 0 saturated heterocycles. The van der Waals surface area contributed by atoms with E-state index >= 15 is 0 Å². The van der Waals surface area contributed by atoms with Gasteiger partial charge in [-0.25, -0.2) is 14.8 Å². The van der Waals surface area contributed by atoms with Gasteiger partial charge in [-0.3, -0.25) is 0 Å². The summed E-state index contributed by atoms with van der Waals surface area (Å²) in [4.78, 5) is 4.91. The van der Waals surface area contributed by atoms with Gasteiger partial charge in [0.15, 0.2) is 11.6 Å². The smallest absolute Gasteiger partial charge is 0.180 e. The van der Waals surface area contributed by atoms with E-state index in [4.69, 9.17) is 10.1 Å². The number of nitrogens with zero attached hydrogens (tertiary/aromatic N) is 6. The molecule has 1 N–H and O–H groups in total. The first-order valence-corrected chi connectivity index (χ1v) is 11.8. The van der Waals surface area contributed by atoms with E-state index < -0.39 is 0 Å². The Morgan fingerprint density at radius 3 is 2.27 bits per heavy atom. The van der Waals surface area contributed by atoms with Crippen molar-refractivity contribution in [1.82, 2.24) is 35.4 Å². The lowest BCUT2D eigenvalue weighted by molar-refractivity contribution is 0.472. The van der Waals surface area contributed by atoms with Crippen LogP contribution in [-0.4, -0.2) is 35.4 Å². The maximum Gasteiger partial charge on any atom is 0.180 e. The molecule has 4 rings (SSSR count). The van der Waals surface area contributed by atoms with Crippen molar-refractivity contribution < 1.29 is 0 Å². The monoisotopic (exact) mass is 443 g/mol. The zero-order valence-corrected chi connectivity index (χ0v) is 20.0. The molecule has 7 heteroatoms. The number of tetrazole rings is 1. The quantitative estimate of drug-likeness (QED) is 0.357. The molecule has 4 aromatic rings. The van der Waals surface area contributed by atoms with Gasteiger partial charge in [0.2, 0.25) is 0 Å². The fraction of sp³-hybridized carbons (Fsp3) is 0.423. The Morgan fingerprint density at radius 2 is 1.61 bits per heavy atom. The minimum atomic E-state index is 0.639. The third kappa shape index (κ3) is 5.92. The second-order valence-electron chi connectivity index (χ2n) is 9.45. The van der Waals surface area contributed by atoms with Crippen LogP contribution in [0.25, 0.3) is 22.5 Å². The predicted molar refractivity (Wildman–Crippen MR) is 130 cm³/mol. The van der Waals surface area contributed by atoms with Crippen LogP contribution in [0.4, 0.5) is 0 Å². The summed E-state index contributed by atoms with van der Waals surface area (Å²) in [6.07, 6.45) is 3.93. The fourth-order valence-corrected chi connectivity index (χ4v) is 3.84. The van der Waals surface area contributed by atoms with E-state index in [-0.39, 0.29) is 0 Å². The van der Waals surface area contributed by atoms with E-state index in [9.17, 15) is 0 Å². The summed E-state index contributed by atoms with van der Waals surface area (Å²) in [7, 11) is 0. The second kappa shape index (κ2) is 10.5. The number of aryl methyl sites for hydroxylation is 2. The third-order valence-electron chi connectivity index (χ3n) is 5.81. The van der Waals surface area contributed by atoms with Crippen LogP contribution in [0.3, 0.4) is 0 Å². The number of rotatable bonds is 10. The average Bonchev–Trinajstić information content (AvgIpc) is 3.47. The molecule has 0 spiro atoms. The largest absolute Gasteiger partial charge is 0.249 e. The summed E-state index contributed by atoms with van der Waals surface area (Å²) in [5, 5.41) is 19.2. The van der Waals surface area contributed by atoms with Crippen molar-refractivity contribution in [3.63, 3.8) is 0 Å². The molecule has 0 saturated carbocycles. The van der Waals surface area contributed by atoms with Crippen LogP contribution in [0.2, 0.25) is 0 Å². The topological polar surface area (TPSA) is 85.2 Å². The highest BCUT2D eigenvalue weighted by molar-refractivity contribution is 5.80. The maximum absolute atomic E-state index is 4.91. The number of aromatic amines is 1. The Balaban J connectivity index is 1.55. The fourth-order valence-electron chi connectivity index (χ4n) is 3.84. The van der Waals surface area contributed by atoms with E-state index in [0.29, 0.717) is 17.7 Å². The third-order valence-corrected chi connectivity index (χ3v) is 5.81. The predicted octanol–water partition coefficient (Wildman–Crippen LogP) is 5.35. The Labute approximate surface area is 195 Å². The standard InChI is InChI=1S/C26H33N7/c1-18(2)9-14-24-27-25(33(30-24)16-15-19(3)4)17-20-10-12-21(13-11-20)22-7-5-6-8-23(22)26-28-31-32-29-26/h5-8,10-13,18-19H,9,14-17H2,1-4H3,(H,28,29,31,32). The molecule has 2 heterocycles. The Kier molecular flexibility index (Phi) is 7.27. The van der Waals surface area contributed by atoms with Gasteiger partial charge in [0.25, 0.3) is 0 Å². The van der Waals surface area contributed by atoms with Gasteiger partial charge >= 0.3 is 0 Å². The Morgan fingerprint density at radius 1 is 0.879 bits per heavy atom. The van der Waals surface area contributed by atoms with Gasteiger partial charge in [-0.15, -0.1) is 5.10 Å². The minimum Gasteiger partial charge on any atom is -0.249 e. The van der Waals surface area contributed by atoms with E-state index in [1.54, 1.807) is 0 Å². The van der Waals surface area contributed by atoms with Gasteiger partial charge < -0.3 is 0 Å². The highest BCUT2D eigenvalue weighted by Crippen LogP contribution is 2.30. The summed E-state index contributed by atoms with van der Waals surface area (Å²) in [6, 6.07) is 16.8. The molecule has 7 nitrogen and oxygen atoms in total. The van der Waals surface area contributed by atoms with Crippen LogP contribution in [-0.2, 0) is 19.4 Å². The first-order chi connectivity index (χ1) is 16.0. The van der Waals surface area contributed by atoms with Crippen LogP contribution in [0.1, 0.15) is 57.7 Å². The second-order valence-corrected chi connectivity index (χ2v) is 9.45. The van der Waals surface area contributed by atoms with E-state index in [0.717, 1.165) is 60.6 Å². The molecular weight excluding hydrogens is 410 g/mol. The number of benzene rings is 2. The van der Waals surface area contributed by atoms with Crippen molar-refractivity contribution in [2.45, 2.75) is 59.9 Å². The molecule has 0 aliphatic heterocycles. The molecular formula is C26H33N7. The van der Waals surface area contributed by atoms with Crippen LogP contribution in [0.5, 0.6) is 0 Å². The van der Waals surface area contributed by atoms with Crippen LogP contribution >= 0.6 is 0 Å². The molecule has 0 radical (unpaired) electrons. The molecule has 0 unspecified atom stereocenters. The summed E-state index contributed by atoms with van der Waals surface area (Å²) in [6.45, 7) is 9.91. The molecule has 0 bridgehead atoms. The van der Waals surface area contributed by atoms with E-state index in [1.807, 2.05) is 18.2 Å². The van der Waals surface area contributed by atoms with Crippen LogP contribution in [0.15, 0.2) is 48.5 Å². The molecule has 0 aliphatic carbocycles. The molecule has 0 amide bonds. The summed E-state index contributed by atoms with van der Waals surface area (Å²) < 4.78 is 2.12. The van der Waals surface area contributed by atoms with Gasteiger partial charge in [0, 0.05) is 24.9 Å². The number of hydrogen-bond donors (Lipinski definition) is 1.